The van der Waals surface area contributed by atoms with Crippen molar-refractivity contribution in [3.63, 3.8) is 0 Å². The summed E-state index contributed by atoms with van der Waals surface area (Å²) in [4.78, 5) is 26.6. The second kappa shape index (κ2) is 12.2. The molecule has 0 fully saturated rings. The zero-order chi connectivity index (χ0) is 27.0. The lowest BCUT2D eigenvalue weighted by Gasteiger charge is -2.12. The van der Waals surface area contributed by atoms with E-state index in [0.717, 1.165) is 18.2 Å². The average Bonchev–Trinajstić information content (AvgIpc) is 2.69. The fourth-order valence-corrected chi connectivity index (χ4v) is 2.24. The maximum absolute atomic E-state index is 12.1. The van der Waals surface area contributed by atoms with Crippen LogP contribution in [0, 0.1) is 20.2 Å². The van der Waals surface area contributed by atoms with E-state index in [2.05, 4.69) is 9.97 Å². The fourth-order valence-electron chi connectivity index (χ4n) is 2.09. The molecule has 0 unspecified atom stereocenters. The largest absolute Gasteiger partial charge is 0.475 e. The second-order valence-electron chi connectivity index (χ2n) is 6.64. The molecule has 0 radical (unpaired) electrons. The Morgan fingerprint density at radius 1 is 0.886 bits per heavy atom. The van der Waals surface area contributed by atoms with Gasteiger partial charge in [-0.25, -0.2) is 4.98 Å². The molecule has 2 heterocycles. The van der Waals surface area contributed by atoms with Crippen LogP contribution in [-0.4, -0.2) is 51.4 Å². The van der Waals surface area contributed by atoms with Crippen LogP contribution in [0.3, 0.4) is 0 Å². The third kappa shape index (κ3) is 11.4. The molecule has 0 saturated carbocycles. The van der Waals surface area contributed by atoms with Gasteiger partial charge >= 0.3 is 23.7 Å². The molecule has 11 nitrogen and oxygen atoms in total. The molecule has 194 valence electrons. The minimum absolute atomic E-state index is 0.0188. The van der Waals surface area contributed by atoms with Crippen molar-refractivity contribution in [3.05, 3.63) is 49.6 Å². The molecule has 18 heteroatoms. The molecule has 35 heavy (non-hydrogen) atoms. The zero-order valence-corrected chi connectivity index (χ0v) is 18.5. The molecular weight excluding hydrogens is 518 g/mol. The van der Waals surface area contributed by atoms with Crippen LogP contribution in [0.25, 0.3) is 0 Å². The molecule has 2 aromatic heterocycles. The number of hydrogen-bond acceptors (Lipinski definition) is 9. The Labute approximate surface area is 197 Å². The van der Waals surface area contributed by atoms with Gasteiger partial charge in [-0.1, -0.05) is 11.6 Å². The smallest absolute Gasteiger partial charge is 0.405 e. The quantitative estimate of drug-likeness (QED) is 0.197. The van der Waals surface area contributed by atoms with Crippen LogP contribution in [0.2, 0.25) is 5.15 Å². The van der Waals surface area contributed by atoms with E-state index in [4.69, 9.17) is 16.3 Å². The van der Waals surface area contributed by atoms with Gasteiger partial charge in [-0.15, -0.1) is 0 Å². The van der Waals surface area contributed by atoms with Crippen molar-refractivity contribution in [3.8, 4) is 5.88 Å². The van der Waals surface area contributed by atoms with Gasteiger partial charge in [0, 0.05) is 18.2 Å². The number of rotatable bonds is 8. The maximum atomic E-state index is 12.1. The monoisotopic (exact) mass is 534 g/mol. The summed E-state index contributed by atoms with van der Waals surface area (Å²) in [6, 6.07) is 4.38. The number of ether oxygens (including phenoxy) is 1. The van der Waals surface area contributed by atoms with E-state index >= 15 is 0 Å². The Balaban J connectivity index is 0.000000355. The zero-order valence-electron chi connectivity index (χ0n) is 17.8. The number of pyridine rings is 2. The average molecular weight is 535 g/mol. The van der Waals surface area contributed by atoms with Crippen molar-refractivity contribution < 1.29 is 40.9 Å². The highest BCUT2D eigenvalue weighted by molar-refractivity contribution is 6.29. The van der Waals surface area contributed by atoms with E-state index in [-0.39, 0.29) is 17.1 Å². The highest BCUT2D eigenvalue weighted by Gasteiger charge is 2.29. The first-order chi connectivity index (χ1) is 16.0. The van der Waals surface area contributed by atoms with E-state index in [0.29, 0.717) is 0 Å². The van der Waals surface area contributed by atoms with Crippen LogP contribution in [0.15, 0.2) is 24.3 Å². The van der Waals surface area contributed by atoms with Crippen molar-refractivity contribution in [2.75, 3.05) is 23.7 Å². The molecular formula is C17H17ClF6N6O5. The Bertz CT molecular complexity index is 1040. The van der Waals surface area contributed by atoms with Gasteiger partial charge in [-0.05, 0) is 19.9 Å². The minimum atomic E-state index is -4.50. The van der Waals surface area contributed by atoms with Gasteiger partial charge in [-0.2, -0.15) is 31.3 Å². The summed E-state index contributed by atoms with van der Waals surface area (Å²) in [5.41, 5.74) is -1.10. The van der Waals surface area contributed by atoms with E-state index in [1.807, 2.05) is 10.6 Å². The highest BCUT2D eigenvalue weighted by atomic mass is 35.5. The van der Waals surface area contributed by atoms with Crippen LogP contribution in [0.4, 0.5) is 49.4 Å². The lowest BCUT2D eigenvalue weighted by atomic mass is 10.3. The predicted octanol–water partition coefficient (Wildman–Crippen LogP) is 5.37. The molecule has 0 aliphatic carbocycles. The lowest BCUT2D eigenvalue weighted by Crippen LogP contribution is -2.22. The molecule has 0 saturated heterocycles. The first-order valence-electron chi connectivity index (χ1n) is 9.22. The lowest BCUT2D eigenvalue weighted by molar-refractivity contribution is -0.384. The van der Waals surface area contributed by atoms with Crippen molar-refractivity contribution in [1.29, 1.82) is 0 Å². The predicted molar refractivity (Wildman–Crippen MR) is 112 cm³/mol. The Kier molecular flexibility index (Phi) is 10.2. The number of nitrogens with one attached hydrogen (secondary N) is 2. The molecule has 2 N–H and O–H groups in total. The molecule has 0 spiro atoms. The number of halogens is 7. The Morgan fingerprint density at radius 2 is 1.31 bits per heavy atom. The van der Waals surface area contributed by atoms with E-state index < -0.39 is 58.3 Å². The summed E-state index contributed by atoms with van der Waals surface area (Å²) in [6.07, 6.45) is -9.23. The number of hydrogen-bond donors (Lipinski definition) is 2. The van der Waals surface area contributed by atoms with Gasteiger partial charge < -0.3 is 15.4 Å². The number of aromatic nitrogens is 2. The standard InChI is InChI=1S/C10H12F3N3O3.C7H5ClF3N3O2/c1-6(2)19-8-4-3-7(16(17)18)9(15-8)14-5-10(11,12)13;8-5-2-1-4(14(15)16)6(13-5)12-3-7(9,10)11/h3-4,6H,5H2,1-2H3,(H,14,15);1-2H,3H2,(H,12,13). The Hall–Kier alpha value is -3.63. The topological polar surface area (TPSA) is 145 Å². The van der Waals surface area contributed by atoms with E-state index in [1.54, 1.807) is 13.8 Å². The van der Waals surface area contributed by atoms with Gasteiger partial charge in [0.15, 0.2) is 0 Å². The summed E-state index contributed by atoms with van der Waals surface area (Å²) in [6.45, 7) is 0.574. The molecule has 2 aromatic rings. The third-order valence-electron chi connectivity index (χ3n) is 3.35. The fraction of sp³-hybridized carbons (Fsp3) is 0.412. The van der Waals surface area contributed by atoms with Crippen LogP contribution < -0.4 is 15.4 Å². The van der Waals surface area contributed by atoms with Crippen LogP contribution >= 0.6 is 11.6 Å². The molecule has 0 aromatic carbocycles. The van der Waals surface area contributed by atoms with Gasteiger partial charge in [0.2, 0.25) is 17.5 Å². The number of anilines is 2. The molecule has 0 aliphatic rings. The third-order valence-corrected chi connectivity index (χ3v) is 3.56. The first-order valence-corrected chi connectivity index (χ1v) is 9.60. The summed E-state index contributed by atoms with van der Waals surface area (Å²) >= 11 is 5.42. The molecule has 0 bridgehead atoms. The molecule has 0 aliphatic heterocycles. The second-order valence-corrected chi connectivity index (χ2v) is 7.02. The Morgan fingerprint density at radius 3 is 1.71 bits per heavy atom. The minimum Gasteiger partial charge on any atom is -0.475 e. The number of alkyl halides is 6. The van der Waals surface area contributed by atoms with E-state index in [1.165, 1.54) is 6.07 Å². The number of nitrogens with zero attached hydrogens (tertiary/aromatic N) is 4. The van der Waals surface area contributed by atoms with Gasteiger partial charge in [0.1, 0.15) is 18.2 Å². The van der Waals surface area contributed by atoms with E-state index in [9.17, 15) is 46.6 Å². The van der Waals surface area contributed by atoms with Gasteiger partial charge in [0.05, 0.1) is 16.0 Å². The first kappa shape index (κ1) is 29.4. The maximum Gasteiger partial charge on any atom is 0.405 e. The van der Waals surface area contributed by atoms with Gasteiger partial charge in [-0.3, -0.25) is 20.2 Å². The summed E-state index contributed by atoms with van der Waals surface area (Å²) < 4.78 is 77.1. The van der Waals surface area contributed by atoms with Crippen LogP contribution in [0.1, 0.15) is 13.8 Å². The summed E-state index contributed by atoms with van der Waals surface area (Å²) in [7, 11) is 0. The summed E-state index contributed by atoms with van der Waals surface area (Å²) in [5.74, 6) is -0.958. The highest BCUT2D eigenvalue weighted by Crippen LogP contribution is 2.27. The van der Waals surface area contributed by atoms with Crippen LogP contribution in [0.5, 0.6) is 5.88 Å². The SMILES string of the molecule is CC(C)Oc1ccc([N+](=O)[O-])c(NCC(F)(F)F)n1.O=[N+]([O-])c1ccc(Cl)nc1NCC(F)(F)F. The van der Waals surface area contributed by atoms with Crippen molar-refractivity contribution in [1.82, 2.24) is 9.97 Å². The molecule has 0 atom stereocenters. The van der Waals surface area contributed by atoms with Crippen molar-refractivity contribution in [2.45, 2.75) is 32.3 Å². The van der Waals surface area contributed by atoms with Crippen molar-refractivity contribution >= 4 is 34.6 Å². The molecule has 0 amide bonds. The van der Waals surface area contributed by atoms with Crippen molar-refractivity contribution in [2.24, 2.45) is 0 Å². The molecule has 2 rings (SSSR count). The van der Waals surface area contributed by atoms with Gasteiger partial charge in [0.25, 0.3) is 0 Å². The normalized spacial score (nSPS) is 11.4. The van der Waals surface area contributed by atoms with Crippen LogP contribution in [-0.2, 0) is 0 Å². The summed E-state index contributed by atoms with van der Waals surface area (Å²) in [5, 5.41) is 24.7. The number of nitro groups is 2.